The molecule has 0 aliphatic heterocycles. The van der Waals surface area contributed by atoms with Gasteiger partial charge in [-0.2, -0.15) is 0 Å². The molecule has 2 aromatic carbocycles. The van der Waals surface area contributed by atoms with Crippen LogP contribution in [-0.4, -0.2) is 11.1 Å². The van der Waals surface area contributed by atoms with E-state index in [1.807, 2.05) is 24.3 Å². The third-order valence-corrected chi connectivity index (χ3v) is 4.84. The average molecular weight is 324 g/mol. The lowest BCUT2D eigenvalue weighted by Crippen LogP contribution is -2.15. The minimum absolute atomic E-state index is 0.230. The third kappa shape index (κ3) is 5.84. The number of benzene rings is 2. The van der Waals surface area contributed by atoms with Gasteiger partial charge in [0.2, 0.25) is 0 Å². The van der Waals surface area contributed by atoms with Crippen molar-refractivity contribution in [3.05, 3.63) is 71.8 Å². The second kappa shape index (κ2) is 9.92. The zero-order chi connectivity index (χ0) is 17.2. The summed E-state index contributed by atoms with van der Waals surface area (Å²) < 4.78 is 0. The molecule has 0 aromatic heterocycles. The number of aryl methyl sites for hydroxylation is 1. The molecular formula is C22H28O2. The molecule has 128 valence electrons. The summed E-state index contributed by atoms with van der Waals surface area (Å²) in [4.78, 5) is 11.6. The van der Waals surface area contributed by atoms with Gasteiger partial charge in [0.1, 0.15) is 0 Å². The fraction of sp³-hybridized carbons (Fsp3) is 0.409. The molecule has 0 fully saturated rings. The van der Waals surface area contributed by atoms with Crippen LogP contribution in [0.25, 0.3) is 0 Å². The van der Waals surface area contributed by atoms with Crippen LogP contribution in [0.5, 0.6) is 0 Å². The normalized spacial score (nSPS) is 13.4. The Morgan fingerprint density at radius 1 is 0.917 bits per heavy atom. The van der Waals surface area contributed by atoms with E-state index in [0.29, 0.717) is 5.92 Å². The largest absolute Gasteiger partial charge is 0.481 e. The first-order valence-corrected chi connectivity index (χ1v) is 9.02. The number of carboxylic acids is 1. The van der Waals surface area contributed by atoms with Gasteiger partial charge in [0, 0.05) is 0 Å². The van der Waals surface area contributed by atoms with E-state index in [0.717, 1.165) is 38.5 Å². The average Bonchev–Trinajstić information content (AvgIpc) is 2.62. The first-order chi connectivity index (χ1) is 11.7. The maximum atomic E-state index is 11.6. The highest BCUT2D eigenvalue weighted by molar-refractivity contribution is 5.69. The Morgan fingerprint density at radius 3 is 2.12 bits per heavy atom. The summed E-state index contributed by atoms with van der Waals surface area (Å²) in [6.07, 6.45) is 5.42. The third-order valence-electron chi connectivity index (χ3n) is 4.84. The van der Waals surface area contributed by atoms with Crippen LogP contribution in [0.3, 0.4) is 0 Å². The van der Waals surface area contributed by atoms with Crippen molar-refractivity contribution in [2.24, 2.45) is 5.92 Å². The Labute approximate surface area is 145 Å². The Hall–Kier alpha value is -2.09. The summed E-state index contributed by atoms with van der Waals surface area (Å²) in [5.74, 6) is -0.417. The monoisotopic (exact) mass is 324 g/mol. The fourth-order valence-corrected chi connectivity index (χ4v) is 3.32. The molecule has 2 heteroatoms. The summed E-state index contributed by atoms with van der Waals surface area (Å²) in [6, 6.07) is 20.8. The Balaban J connectivity index is 1.83. The van der Waals surface area contributed by atoms with Crippen LogP contribution in [0.15, 0.2) is 60.7 Å². The second-order valence-corrected chi connectivity index (χ2v) is 6.51. The molecule has 24 heavy (non-hydrogen) atoms. The van der Waals surface area contributed by atoms with Crippen LogP contribution in [0.2, 0.25) is 0 Å². The van der Waals surface area contributed by atoms with Crippen molar-refractivity contribution in [3.8, 4) is 0 Å². The first kappa shape index (κ1) is 18.3. The molecule has 0 saturated carbocycles. The highest BCUT2D eigenvalue weighted by atomic mass is 16.4. The van der Waals surface area contributed by atoms with E-state index in [1.165, 1.54) is 11.1 Å². The van der Waals surface area contributed by atoms with Gasteiger partial charge in [0.05, 0.1) is 5.92 Å². The van der Waals surface area contributed by atoms with E-state index in [2.05, 4.69) is 43.3 Å². The summed E-state index contributed by atoms with van der Waals surface area (Å²) in [7, 11) is 0. The van der Waals surface area contributed by atoms with Crippen molar-refractivity contribution < 1.29 is 9.90 Å². The van der Waals surface area contributed by atoms with Gasteiger partial charge in [0.15, 0.2) is 0 Å². The predicted molar refractivity (Wildman–Crippen MR) is 99.2 cm³/mol. The van der Waals surface area contributed by atoms with E-state index in [1.54, 1.807) is 0 Å². The van der Waals surface area contributed by atoms with Gasteiger partial charge in [-0.05, 0) is 55.6 Å². The minimum Gasteiger partial charge on any atom is -0.481 e. The molecule has 0 aliphatic rings. The maximum absolute atomic E-state index is 11.6. The zero-order valence-corrected chi connectivity index (χ0v) is 14.5. The topological polar surface area (TPSA) is 37.3 Å². The van der Waals surface area contributed by atoms with E-state index >= 15 is 0 Å². The molecule has 2 aromatic rings. The standard InChI is InChI=1S/C22H28O2/c1-2-19(20-13-7-4-8-14-20)16-17-21(22(23)24)15-9-12-18-10-5-3-6-11-18/h3-8,10-11,13-14,19,21H,2,9,12,15-17H2,1H3,(H,23,24). The fourth-order valence-electron chi connectivity index (χ4n) is 3.32. The Bertz CT molecular complexity index is 592. The van der Waals surface area contributed by atoms with Crippen molar-refractivity contribution in [1.29, 1.82) is 0 Å². The number of hydrogen-bond acceptors (Lipinski definition) is 1. The van der Waals surface area contributed by atoms with E-state index in [4.69, 9.17) is 0 Å². The highest BCUT2D eigenvalue weighted by Gasteiger charge is 2.19. The second-order valence-electron chi connectivity index (χ2n) is 6.51. The molecule has 1 N–H and O–H groups in total. The Kier molecular flexibility index (Phi) is 7.54. The molecule has 0 heterocycles. The number of carboxylic acid groups (broad SMARTS) is 1. The lowest BCUT2D eigenvalue weighted by Gasteiger charge is -2.18. The minimum atomic E-state index is -0.647. The predicted octanol–water partition coefficient (Wildman–Crippen LogP) is 5.68. The van der Waals surface area contributed by atoms with Crippen LogP contribution in [0.1, 0.15) is 56.1 Å². The van der Waals surface area contributed by atoms with Crippen molar-refractivity contribution in [2.45, 2.75) is 51.4 Å². The van der Waals surface area contributed by atoms with Gasteiger partial charge in [0.25, 0.3) is 0 Å². The van der Waals surface area contributed by atoms with E-state index < -0.39 is 5.97 Å². The molecule has 0 spiro atoms. The van der Waals surface area contributed by atoms with Crippen LogP contribution in [0.4, 0.5) is 0 Å². The summed E-state index contributed by atoms with van der Waals surface area (Å²) >= 11 is 0. The van der Waals surface area contributed by atoms with Crippen molar-refractivity contribution in [2.75, 3.05) is 0 Å². The molecule has 0 saturated heterocycles. The van der Waals surface area contributed by atoms with Gasteiger partial charge in [-0.25, -0.2) is 0 Å². The van der Waals surface area contributed by atoms with Crippen LogP contribution in [-0.2, 0) is 11.2 Å². The van der Waals surface area contributed by atoms with E-state index in [-0.39, 0.29) is 5.92 Å². The van der Waals surface area contributed by atoms with Gasteiger partial charge >= 0.3 is 5.97 Å². The zero-order valence-electron chi connectivity index (χ0n) is 14.5. The number of carbonyl (C=O) groups is 1. The van der Waals surface area contributed by atoms with E-state index in [9.17, 15) is 9.90 Å². The summed E-state index contributed by atoms with van der Waals surface area (Å²) in [6.45, 7) is 2.18. The molecule has 2 rings (SSSR count). The maximum Gasteiger partial charge on any atom is 0.306 e. The molecule has 0 amide bonds. The lowest BCUT2D eigenvalue weighted by molar-refractivity contribution is -0.142. The van der Waals surface area contributed by atoms with Gasteiger partial charge in [-0.1, -0.05) is 67.6 Å². The summed E-state index contributed by atoms with van der Waals surface area (Å²) in [5, 5.41) is 9.53. The Morgan fingerprint density at radius 2 is 1.54 bits per heavy atom. The molecule has 2 unspecified atom stereocenters. The van der Waals surface area contributed by atoms with Gasteiger partial charge in [-0.15, -0.1) is 0 Å². The van der Waals surface area contributed by atoms with Crippen molar-refractivity contribution in [1.82, 2.24) is 0 Å². The van der Waals surface area contributed by atoms with Gasteiger partial charge in [-0.3, -0.25) is 4.79 Å². The molecule has 0 radical (unpaired) electrons. The lowest BCUT2D eigenvalue weighted by atomic mass is 9.87. The van der Waals surface area contributed by atoms with Crippen LogP contribution < -0.4 is 0 Å². The van der Waals surface area contributed by atoms with Crippen molar-refractivity contribution in [3.63, 3.8) is 0 Å². The molecule has 0 aliphatic carbocycles. The number of rotatable bonds is 10. The smallest absolute Gasteiger partial charge is 0.306 e. The highest BCUT2D eigenvalue weighted by Crippen LogP contribution is 2.28. The quantitative estimate of drug-likeness (QED) is 0.610. The van der Waals surface area contributed by atoms with Gasteiger partial charge < -0.3 is 5.11 Å². The summed E-state index contributed by atoms with van der Waals surface area (Å²) in [5.41, 5.74) is 2.62. The molecule has 2 atom stereocenters. The van der Waals surface area contributed by atoms with Crippen LogP contribution >= 0.6 is 0 Å². The molecular weight excluding hydrogens is 296 g/mol. The number of hydrogen-bond donors (Lipinski definition) is 1. The first-order valence-electron chi connectivity index (χ1n) is 9.02. The molecule has 0 bridgehead atoms. The van der Waals surface area contributed by atoms with Crippen LogP contribution in [0, 0.1) is 5.92 Å². The SMILES string of the molecule is CCC(CCC(CCCc1ccccc1)C(=O)O)c1ccccc1. The number of aliphatic carboxylic acids is 1. The molecule has 2 nitrogen and oxygen atoms in total. The van der Waals surface area contributed by atoms with Crippen molar-refractivity contribution >= 4 is 5.97 Å².